The van der Waals surface area contributed by atoms with Crippen molar-refractivity contribution in [2.75, 3.05) is 19.6 Å². The highest BCUT2D eigenvalue weighted by Crippen LogP contribution is 2.30. The van der Waals surface area contributed by atoms with Crippen LogP contribution in [-0.4, -0.2) is 30.6 Å². The molecule has 0 radical (unpaired) electrons. The summed E-state index contributed by atoms with van der Waals surface area (Å²) < 4.78 is 6.47. The first-order chi connectivity index (χ1) is 10.8. The molecule has 1 aliphatic rings. The predicted molar refractivity (Wildman–Crippen MR) is 98.6 cm³/mol. The minimum absolute atomic E-state index is 0. The van der Waals surface area contributed by atoms with E-state index >= 15 is 0 Å². The Morgan fingerprint density at radius 2 is 1.74 bits per heavy atom. The van der Waals surface area contributed by atoms with Crippen LogP contribution in [0.5, 0.6) is 0 Å². The molecule has 124 valence electrons. The first-order valence-corrected chi connectivity index (χ1v) is 8.32. The zero-order chi connectivity index (χ0) is 15.4. The number of rotatable bonds is 5. The summed E-state index contributed by atoms with van der Waals surface area (Å²) >= 11 is 6.02. The lowest BCUT2D eigenvalue weighted by Crippen LogP contribution is -2.24. The molecule has 0 bridgehead atoms. The normalized spacial score (nSPS) is 19.3. The Balaban J connectivity index is 0.00000192. The molecular formula is C19H23Cl2NO. The van der Waals surface area contributed by atoms with E-state index in [0.29, 0.717) is 6.10 Å². The van der Waals surface area contributed by atoms with Gasteiger partial charge >= 0.3 is 0 Å². The van der Waals surface area contributed by atoms with Crippen molar-refractivity contribution in [3.05, 3.63) is 70.7 Å². The van der Waals surface area contributed by atoms with E-state index in [1.54, 1.807) is 0 Å². The Bertz CT molecular complexity index is 588. The van der Waals surface area contributed by atoms with Gasteiger partial charge < -0.3 is 9.64 Å². The van der Waals surface area contributed by atoms with E-state index in [9.17, 15) is 0 Å². The van der Waals surface area contributed by atoms with Gasteiger partial charge in [0.25, 0.3) is 0 Å². The molecule has 0 aliphatic carbocycles. The van der Waals surface area contributed by atoms with Crippen LogP contribution in [0.4, 0.5) is 0 Å². The van der Waals surface area contributed by atoms with Gasteiger partial charge in [-0.05, 0) is 36.2 Å². The maximum Gasteiger partial charge on any atom is 0.108 e. The average molecular weight is 352 g/mol. The average Bonchev–Trinajstić information content (AvgIpc) is 3.02. The molecule has 0 N–H and O–H groups in total. The highest BCUT2D eigenvalue weighted by Gasteiger charge is 2.26. The molecule has 1 heterocycles. The SMILES string of the molecule is CCN1CCC(OC(c2ccccc2)c2ccc(Cl)cc2)C1.Cl. The van der Waals surface area contributed by atoms with Crippen LogP contribution in [0.2, 0.25) is 5.02 Å². The minimum Gasteiger partial charge on any atom is -0.364 e. The van der Waals surface area contributed by atoms with Crippen LogP contribution in [0.3, 0.4) is 0 Å². The van der Waals surface area contributed by atoms with E-state index in [4.69, 9.17) is 16.3 Å². The molecule has 0 amide bonds. The Kier molecular flexibility index (Phi) is 6.91. The van der Waals surface area contributed by atoms with Crippen molar-refractivity contribution in [2.45, 2.75) is 25.6 Å². The largest absolute Gasteiger partial charge is 0.364 e. The van der Waals surface area contributed by atoms with Crippen molar-refractivity contribution in [2.24, 2.45) is 0 Å². The second-order valence-corrected chi connectivity index (χ2v) is 6.22. The Hall–Kier alpha value is -1.06. The Labute approximate surface area is 149 Å². The zero-order valence-corrected chi connectivity index (χ0v) is 14.9. The minimum atomic E-state index is -0.0275. The fourth-order valence-corrected chi connectivity index (χ4v) is 3.13. The molecular weight excluding hydrogens is 329 g/mol. The second-order valence-electron chi connectivity index (χ2n) is 5.78. The molecule has 2 aromatic rings. The van der Waals surface area contributed by atoms with E-state index < -0.39 is 0 Å². The quantitative estimate of drug-likeness (QED) is 0.754. The van der Waals surface area contributed by atoms with Crippen LogP contribution < -0.4 is 0 Å². The van der Waals surface area contributed by atoms with Crippen molar-refractivity contribution in [3.63, 3.8) is 0 Å². The third kappa shape index (κ3) is 4.71. The van der Waals surface area contributed by atoms with Gasteiger partial charge in [-0.1, -0.05) is 61.0 Å². The summed E-state index contributed by atoms with van der Waals surface area (Å²) in [5, 5.41) is 0.758. The van der Waals surface area contributed by atoms with Gasteiger partial charge in [-0.25, -0.2) is 0 Å². The maximum absolute atomic E-state index is 6.47. The van der Waals surface area contributed by atoms with E-state index in [1.165, 1.54) is 5.56 Å². The van der Waals surface area contributed by atoms with Gasteiger partial charge in [-0.3, -0.25) is 0 Å². The van der Waals surface area contributed by atoms with Crippen molar-refractivity contribution >= 4 is 24.0 Å². The van der Waals surface area contributed by atoms with Gasteiger partial charge in [-0.2, -0.15) is 0 Å². The summed E-state index contributed by atoms with van der Waals surface area (Å²) in [6.45, 7) is 5.45. The smallest absolute Gasteiger partial charge is 0.108 e. The van der Waals surface area contributed by atoms with Crippen molar-refractivity contribution in [1.82, 2.24) is 4.90 Å². The van der Waals surface area contributed by atoms with Crippen LogP contribution in [0, 0.1) is 0 Å². The van der Waals surface area contributed by atoms with Gasteiger partial charge in [0, 0.05) is 18.1 Å². The third-order valence-electron chi connectivity index (χ3n) is 4.28. The topological polar surface area (TPSA) is 12.5 Å². The van der Waals surface area contributed by atoms with Crippen LogP contribution >= 0.6 is 24.0 Å². The van der Waals surface area contributed by atoms with E-state index in [0.717, 1.165) is 36.6 Å². The van der Waals surface area contributed by atoms with Gasteiger partial charge in [0.1, 0.15) is 6.10 Å². The molecule has 2 nitrogen and oxygen atoms in total. The predicted octanol–water partition coefficient (Wildman–Crippen LogP) is 4.96. The summed E-state index contributed by atoms with van der Waals surface area (Å²) in [6, 6.07) is 18.4. The fraction of sp³-hybridized carbons (Fsp3) is 0.368. The molecule has 2 unspecified atom stereocenters. The molecule has 3 rings (SSSR count). The van der Waals surface area contributed by atoms with Gasteiger partial charge in [0.05, 0.1) is 6.10 Å². The molecule has 2 atom stereocenters. The molecule has 0 aromatic heterocycles. The maximum atomic E-state index is 6.47. The Morgan fingerprint density at radius 1 is 1.09 bits per heavy atom. The van der Waals surface area contributed by atoms with Gasteiger partial charge in [0.2, 0.25) is 0 Å². The first kappa shape index (κ1) is 18.3. The lowest BCUT2D eigenvalue weighted by atomic mass is 10.0. The summed E-state index contributed by atoms with van der Waals surface area (Å²) in [5.74, 6) is 0. The lowest BCUT2D eigenvalue weighted by Gasteiger charge is -2.23. The number of hydrogen-bond donors (Lipinski definition) is 0. The first-order valence-electron chi connectivity index (χ1n) is 7.94. The van der Waals surface area contributed by atoms with E-state index in [-0.39, 0.29) is 18.5 Å². The summed E-state index contributed by atoms with van der Waals surface area (Å²) in [5.41, 5.74) is 2.35. The number of nitrogens with zero attached hydrogens (tertiary/aromatic N) is 1. The van der Waals surface area contributed by atoms with Crippen LogP contribution in [-0.2, 0) is 4.74 Å². The van der Waals surface area contributed by atoms with Crippen molar-refractivity contribution in [1.29, 1.82) is 0 Å². The fourth-order valence-electron chi connectivity index (χ4n) is 3.00. The van der Waals surface area contributed by atoms with Crippen molar-refractivity contribution < 1.29 is 4.74 Å². The number of ether oxygens (including phenoxy) is 1. The molecule has 0 saturated carbocycles. The van der Waals surface area contributed by atoms with Crippen LogP contribution in [0.1, 0.15) is 30.6 Å². The summed E-state index contributed by atoms with van der Waals surface area (Å²) in [6.07, 6.45) is 1.37. The number of hydrogen-bond acceptors (Lipinski definition) is 2. The standard InChI is InChI=1S/C19H22ClNO.ClH/c1-2-21-13-12-18(14-21)22-19(15-6-4-3-5-7-15)16-8-10-17(20)11-9-16;/h3-11,18-19H,2,12-14H2,1H3;1H. The van der Waals surface area contributed by atoms with Gasteiger partial charge in [0.15, 0.2) is 0 Å². The zero-order valence-electron chi connectivity index (χ0n) is 13.3. The molecule has 0 spiro atoms. The second kappa shape index (κ2) is 8.70. The summed E-state index contributed by atoms with van der Waals surface area (Å²) in [7, 11) is 0. The molecule has 1 aliphatic heterocycles. The highest BCUT2D eigenvalue weighted by molar-refractivity contribution is 6.30. The van der Waals surface area contributed by atoms with Crippen LogP contribution in [0.15, 0.2) is 54.6 Å². The molecule has 1 fully saturated rings. The number of likely N-dealkylation sites (tertiary alicyclic amines) is 1. The lowest BCUT2D eigenvalue weighted by molar-refractivity contribution is 0.0146. The summed E-state index contributed by atoms with van der Waals surface area (Å²) in [4.78, 5) is 2.44. The van der Waals surface area contributed by atoms with Gasteiger partial charge in [-0.15, -0.1) is 12.4 Å². The Morgan fingerprint density at radius 3 is 2.35 bits per heavy atom. The highest BCUT2D eigenvalue weighted by atomic mass is 35.5. The number of benzene rings is 2. The van der Waals surface area contributed by atoms with E-state index in [1.807, 2.05) is 18.2 Å². The third-order valence-corrected chi connectivity index (χ3v) is 4.53. The number of halogens is 2. The van der Waals surface area contributed by atoms with Crippen molar-refractivity contribution in [3.8, 4) is 0 Å². The molecule has 2 aromatic carbocycles. The van der Waals surface area contributed by atoms with E-state index in [2.05, 4.69) is 48.2 Å². The monoisotopic (exact) mass is 351 g/mol. The molecule has 23 heavy (non-hydrogen) atoms. The molecule has 1 saturated heterocycles. The number of likely N-dealkylation sites (N-methyl/N-ethyl adjacent to an activating group) is 1. The van der Waals surface area contributed by atoms with Crippen LogP contribution in [0.25, 0.3) is 0 Å². The molecule has 4 heteroatoms.